The largest absolute Gasteiger partial charge is 0.425 e. The van der Waals surface area contributed by atoms with Gasteiger partial charge in [-0.05, 0) is 37.1 Å². The number of rotatable bonds is 4. The molecule has 1 aliphatic heterocycles. The number of hydrogen-bond donors (Lipinski definition) is 2. The van der Waals surface area contributed by atoms with Crippen LogP contribution in [0.15, 0.2) is 30.5 Å². The standard InChI is InChI=1S/C16H17F3N6O2S2/c17-16(18,19)13-2-1-12(28-13)11-9-21-15-4-3-14(23-25(11)15)22-10-5-7-24(8-6-10)29(20,26)27/h1-4,9-10H,5-8H2,(H,22,23)(H2,20,26,27). The summed E-state index contributed by atoms with van der Waals surface area (Å²) in [4.78, 5) is 3.93. The van der Waals surface area contributed by atoms with Crippen molar-refractivity contribution in [2.45, 2.75) is 25.1 Å². The number of halogens is 3. The van der Waals surface area contributed by atoms with E-state index in [4.69, 9.17) is 5.14 Å². The van der Waals surface area contributed by atoms with Gasteiger partial charge in [-0.25, -0.2) is 14.6 Å². The summed E-state index contributed by atoms with van der Waals surface area (Å²) >= 11 is 0.636. The van der Waals surface area contributed by atoms with Crippen molar-refractivity contribution in [3.05, 3.63) is 35.3 Å². The minimum absolute atomic E-state index is 0.00323. The van der Waals surface area contributed by atoms with Crippen LogP contribution in [0.2, 0.25) is 0 Å². The lowest BCUT2D eigenvalue weighted by Crippen LogP contribution is -2.45. The average molecular weight is 446 g/mol. The SMILES string of the molecule is NS(=O)(=O)N1CCC(Nc2ccc3ncc(-c4ccc(C(F)(F)F)s4)n3n2)CC1. The highest BCUT2D eigenvalue weighted by molar-refractivity contribution is 7.86. The second kappa shape index (κ2) is 7.23. The summed E-state index contributed by atoms with van der Waals surface area (Å²) in [6.45, 7) is 0.620. The fraction of sp³-hybridized carbons (Fsp3) is 0.375. The summed E-state index contributed by atoms with van der Waals surface area (Å²) in [5, 5.41) is 12.8. The molecule has 0 atom stereocenters. The topological polar surface area (TPSA) is 106 Å². The van der Waals surface area contributed by atoms with Crippen molar-refractivity contribution in [2.75, 3.05) is 18.4 Å². The maximum absolute atomic E-state index is 12.9. The summed E-state index contributed by atoms with van der Waals surface area (Å²) < 4.78 is 64.2. The first-order chi connectivity index (χ1) is 13.6. The third-order valence-electron chi connectivity index (χ3n) is 4.67. The fourth-order valence-electron chi connectivity index (χ4n) is 3.21. The Balaban J connectivity index is 1.54. The molecule has 0 saturated carbocycles. The lowest BCUT2D eigenvalue weighted by molar-refractivity contribution is -0.134. The summed E-state index contributed by atoms with van der Waals surface area (Å²) in [6.07, 6.45) is -1.78. The molecule has 0 spiro atoms. The number of aromatic nitrogens is 3. The van der Waals surface area contributed by atoms with E-state index in [1.807, 2.05) is 0 Å². The number of nitrogens with one attached hydrogen (secondary N) is 1. The van der Waals surface area contributed by atoms with Crippen LogP contribution in [0.5, 0.6) is 0 Å². The van der Waals surface area contributed by atoms with Gasteiger partial charge in [-0.2, -0.15) is 25.9 Å². The minimum Gasteiger partial charge on any atom is -0.366 e. The summed E-state index contributed by atoms with van der Waals surface area (Å²) in [7, 11) is -3.69. The Labute approximate surface area is 168 Å². The Kier molecular flexibility index (Phi) is 5.01. The van der Waals surface area contributed by atoms with Gasteiger partial charge in [0.2, 0.25) is 0 Å². The van der Waals surface area contributed by atoms with Crippen molar-refractivity contribution in [2.24, 2.45) is 5.14 Å². The van der Waals surface area contributed by atoms with E-state index < -0.39 is 21.3 Å². The van der Waals surface area contributed by atoms with Gasteiger partial charge in [0.1, 0.15) is 16.4 Å². The molecule has 3 aromatic rings. The molecule has 29 heavy (non-hydrogen) atoms. The van der Waals surface area contributed by atoms with Crippen LogP contribution in [0.25, 0.3) is 16.2 Å². The normalized spacial score (nSPS) is 17.1. The highest BCUT2D eigenvalue weighted by atomic mass is 32.2. The molecular weight excluding hydrogens is 429 g/mol. The number of anilines is 1. The average Bonchev–Trinajstić information content (AvgIpc) is 3.27. The molecule has 3 aromatic heterocycles. The predicted octanol–water partition coefficient (Wildman–Crippen LogP) is 2.56. The Bertz CT molecular complexity index is 1130. The predicted molar refractivity (Wildman–Crippen MR) is 103 cm³/mol. The van der Waals surface area contributed by atoms with E-state index in [-0.39, 0.29) is 6.04 Å². The zero-order valence-corrected chi connectivity index (χ0v) is 16.6. The zero-order chi connectivity index (χ0) is 20.8. The monoisotopic (exact) mass is 446 g/mol. The highest BCUT2D eigenvalue weighted by Gasteiger charge is 2.33. The lowest BCUT2D eigenvalue weighted by Gasteiger charge is -2.30. The molecule has 0 bridgehead atoms. The van der Waals surface area contributed by atoms with Crippen molar-refractivity contribution in [1.29, 1.82) is 0 Å². The number of imidazole rings is 1. The molecule has 1 saturated heterocycles. The number of hydrogen-bond acceptors (Lipinski definition) is 6. The fourth-order valence-corrected chi connectivity index (χ4v) is 4.80. The molecule has 1 aliphatic rings. The van der Waals surface area contributed by atoms with Crippen LogP contribution in [0.3, 0.4) is 0 Å². The molecule has 3 N–H and O–H groups in total. The summed E-state index contributed by atoms with van der Waals surface area (Å²) in [5.41, 5.74) is 0.977. The number of nitrogens with two attached hydrogens (primary N) is 1. The van der Waals surface area contributed by atoms with Crippen molar-refractivity contribution in [3.8, 4) is 10.6 Å². The van der Waals surface area contributed by atoms with E-state index in [2.05, 4.69) is 15.4 Å². The summed E-state index contributed by atoms with van der Waals surface area (Å²) in [6, 6.07) is 5.90. The molecule has 1 fully saturated rings. The molecule has 0 amide bonds. The summed E-state index contributed by atoms with van der Waals surface area (Å²) in [5.74, 6) is 0.526. The van der Waals surface area contributed by atoms with Crippen LogP contribution in [0.4, 0.5) is 19.0 Å². The smallest absolute Gasteiger partial charge is 0.366 e. The minimum atomic E-state index is -4.39. The van der Waals surface area contributed by atoms with Crippen LogP contribution in [-0.4, -0.2) is 46.5 Å². The van der Waals surface area contributed by atoms with Gasteiger partial charge < -0.3 is 5.32 Å². The van der Waals surface area contributed by atoms with Crippen LogP contribution in [0.1, 0.15) is 17.7 Å². The number of nitrogens with zero attached hydrogens (tertiary/aromatic N) is 4. The molecule has 8 nitrogen and oxygen atoms in total. The molecule has 156 valence electrons. The first-order valence-electron chi connectivity index (χ1n) is 8.68. The molecule has 4 rings (SSSR count). The van der Waals surface area contributed by atoms with Gasteiger partial charge >= 0.3 is 6.18 Å². The molecule has 4 heterocycles. The third-order valence-corrected chi connectivity index (χ3v) is 6.90. The Morgan fingerprint density at radius 2 is 1.90 bits per heavy atom. The maximum atomic E-state index is 12.9. The maximum Gasteiger partial charge on any atom is 0.425 e. The first-order valence-corrected chi connectivity index (χ1v) is 11.0. The number of fused-ring (bicyclic) bond motifs is 1. The first kappa shape index (κ1) is 20.1. The van der Waals surface area contributed by atoms with Crippen molar-refractivity contribution < 1.29 is 21.6 Å². The highest BCUT2D eigenvalue weighted by Crippen LogP contribution is 2.38. The van der Waals surface area contributed by atoms with Crippen molar-refractivity contribution in [1.82, 2.24) is 18.9 Å². The van der Waals surface area contributed by atoms with Gasteiger partial charge in [0.15, 0.2) is 5.65 Å². The van der Waals surface area contributed by atoms with E-state index in [1.165, 1.54) is 21.1 Å². The number of thiophene rings is 1. The van der Waals surface area contributed by atoms with Gasteiger partial charge in [0.25, 0.3) is 10.2 Å². The van der Waals surface area contributed by atoms with Crippen LogP contribution in [-0.2, 0) is 16.4 Å². The molecule has 0 aromatic carbocycles. The molecule has 13 heteroatoms. The molecule has 0 radical (unpaired) electrons. The van der Waals surface area contributed by atoms with Gasteiger partial charge in [0, 0.05) is 19.1 Å². The van der Waals surface area contributed by atoms with Gasteiger partial charge in [0.05, 0.1) is 11.1 Å². The van der Waals surface area contributed by atoms with E-state index in [0.717, 1.165) is 6.07 Å². The Hall–Kier alpha value is -2.22. The van der Waals surface area contributed by atoms with E-state index in [0.29, 0.717) is 59.3 Å². The second-order valence-corrected chi connectivity index (χ2v) is 9.29. The van der Waals surface area contributed by atoms with Gasteiger partial charge in [-0.15, -0.1) is 16.4 Å². The quantitative estimate of drug-likeness (QED) is 0.641. The third kappa shape index (κ3) is 4.22. The molecule has 0 unspecified atom stereocenters. The Morgan fingerprint density at radius 1 is 1.17 bits per heavy atom. The van der Waals surface area contributed by atoms with Crippen LogP contribution in [0, 0.1) is 0 Å². The zero-order valence-electron chi connectivity index (χ0n) is 14.9. The van der Waals surface area contributed by atoms with E-state index in [9.17, 15) is 21.6 Å². The van der Waals surface area contributed by atoms with Crippen LogP contribution >= 0.6 is 11.3 Å². The second-order valence-electron chi connectivity index (χ2n) is 6.66. The Morgan fingerprint density at radius 3 is 2.52 bits per heavy atom. The molecule has 0 aliphatic carbocycles. The lowest BCUT2D eigenvalue weighted by atomic mass is 10.1. The molecular formula is C16H17F3N6O2S2. The van der Waals surface area contributed by atoms with Crippen LogP contribution < -0.4 is 10.5 Å². The van der Waals surface area contributed by atoms with E-state index in [1.54, 1.807) is 12.1 Å². The number of piperidine rings is 1. The van der Waals surface area contributed by atoms with Crippen molar-refractivity contribution >= 4 is 33.0 Å². The van der Waals surface area contributed by atoms with Gasteiger partial charge in [-0.1, -0.05) is 0 Å². The van der Waals surface area contributed by atoms with Crippen molar-refractivity contribution in [3.63, 3.8) is 0 Å². The van der Waals surface area contributed by atoms with Gasteiger partial charge in [-0.3, -0.25) is 0 Å². The van der Waals surface area contributed by atoms with E-state index >= 15 is 0 Å². The number of alkyl halides is 3.